The van der Waals surface area contributed by atoms with Gasteiger partial charge in [-0.2, -0.15) is 4.98 Å². The van der Waals surface area contributed by atoms with E-state index in [0.717, 1.165) is 4.57 Å². The predicted molar refractivity (Wildman–Crippen MR) is 66.8 cm³/mol. The molecule has 1 saturated heterocycles. The smallest absolute Gasteiger partial charge is 0.394 e. The summed E-state index contributed by atoms with van der Waals surface area (Å²) >= 11 is 0. The summed E-state index contributed by atoms with van der Waals surface area (Å²) in [6.45, 7) is -0.629. The van der Waals surface area contributed by atoms with E-state index in [9.17, 15) is 14.5 Å². The first-order chi connectivity index (χ1) is 9.73. The molecule has 118 valence electrons. The molecule has 2 heterocycles. The highest BCUT2D eigenvalue weighted by atomic mass is 31.2. The van der Waals surface area contributed by atoms with Crippen molar-refractivity contribution in [2.75, 3.05) is 12.3 Å². The molecule has 12 heteroatoms. The van der Waals surface area contributed by atoms with Gasteiger partial charge in [0.25, 0.3) is 0 Å². The molecule has 0 amide bonds. The Balaban J connectivity index is 2.39. The summed E-state index contributed by atoms with van der Waals surface area (Å²) in [5, 5.41) is 18.9. The number of nitrogen functional groups attached to an aromatic ring is 1. The van der Waals surface area contributed by atoms with E-state index < -0.39 is 44.7 Å². The first kappa shape index (κ1) is 16.0. The molecule has 1 aromatic heterocycles. The Morgan fingerprint density at radius 2 is 2.19 bits per heavy atom. The number of ether oxygens (including phenoxy) is 1. The van der Waals surface area contributed by atoms with E-state index in [1.807, 2.05) is 0 Å². The van der Waals surface area contributed by atoms with Crippen molar-refractivity contribution in [3.63, 3.8) is 0 Å². The van der Waals surface area contributed by atoms with Crippen molar-refractivity contribution in [2.24, 2.45) is 0 Å². The zero-order chi connectivity index (χ0) is 15.8. The number of hydrogen-bond donors (Lipinski definition) is 5. The van der Waals surface area contributed by atoms with Crippen molar-refractivity contribution in [3.8, 4) is 0 Å². The predicted octanol–water partition coefficient (Wildman–Crippen LogP) is -2.45. The number of hydrogen-bond acceptors (Lipinski definition) is 8. The van der Waals surface area contributed by atoms with Crippen LogP contribution in [0.5, 0.6) is 0 Å². The molecule has 0 saturated carbocycles. The molecule has 0 bridgehead atoms. The lowest BCUT2D eigenvalue weighted by atomic mass is 10.1. The summed E-state index contributed by atoms with van der Waals surface area (Å²) in [4.78, 5) is 32.9. The Bertz CT molecular complexity index is 615. The van der Waals surface area contributed by atoms with Crippen molar-refractivity contribution >= 4 is 13.6 Å². The summed E-state index contributed by atoms with van der Waals surface area (Å²) in [7, 11) is -4.95. The van der Waals surface area contributed by atoms with Gasteiger partial charge >= 0.3 is 13.5 Å². The van der Waals surface area contributed by atoms with Crippen LogP contribution < -0.4 is 11.4 Å². The lowest BCUT2D eigenvalue weighted by Gasteiger charge is -2.22. The van der Waals surface area contributed by atoms with Gasteiger partial charge in [-0.05, 0) is 6.07 Å². The molecule has 1 aliphatic heterocycles. The number of phosphoric acid groups is 1. The third kappa shape index (κ3) is 3.47. The quantitative estimate of drug-likeness (QED) is 0.374. The van der Waals surface area contributed by atoms with Gasteiger partial charge in [0, 0.05) is 6.20 Å². The molecule has 11 nitrogen and oxygen atoms in total. The highest BCUT2D eigenvalue weighted by molar-refractivity contribution is 7.46. The molecule has 0 spiro atoms. The van der Waals surface area contributed by atoms with Gasteiger partial charge in [-0.25, -0.2) is 9.36 Å². The second-order valence-electron chi connectivity index (χ2n) is 4.34. The van der Waals surface area contributed by atoms with Crippen molar-refractivity contribution in [1.29, 1.82) is 0 Å². The largest absolute Gasteiger partial charge is 0.470 e. The van der Waals surface area contributed by atoms with Crippen LogP contribution in [-0.4, -0.2) is 54.5 Å². The van der Waals surface area contributed by atoms with Crippen LogP contribution in [0.2, 0.25) is 0 Å². The zero-order valence-corrected chi connectivity index (χ0v) is 11.4. The topological polar surface area (TPSA) is 177 Å². The van der Waals surface area contributed by atoms with E-state index in [2.05, 4.69) is 9.51 Å². The van der Waals surface area contributed by atoms with Crippen LogP contribution in [0.3, 0.4) is 0 Å². The lowest BCUT2D eigenvalue weighted by Crippen LogP contribution is -2.37. The number of nitrogens with zero attached hydrogens (tertiary/aromatic N) is 2. The average molecular weight is 323 g/mol. The van der Waals surface area contributed by atoms with E-state index >= 15 is 0 Å². The minimum atomic E-state index is -4.95. The van der Waals surface area contributed by atoms with Crippen molar-refractivity contribution in [3.05, 3.63) is 22.7 Å². The molecule has 1 aliphatic rings. The molecular weight excluding hydrogens is 309 g/mol. The Morgan fingerprint density at radius 1 is 1.52 bits per heavy atom. The number of rotatable bonds is 4. The normalized spacial score (nSPS) is 29.7. The standard InChI is InChI=1S/C9H14N3O8P/c10-5-1-2-12(9(15)11-5)8-7(20-21(16,17)18)6(14)4(3-13)19-8/h1-2,4,6-8,13-14H,3H2,(H2,10,11,15)(H2,16,17,18)/t4-,6-,7-,8?/m1/s1. The van der Waals surface area contributed by atoms with Gasteiger partial charge in [0.15, 0.2) is 6.23 Å². The van der Waals surface area contributed by atoms with E-state index in [-0.39, 0.29) is 5.82 Å². The number of aliphatic hydroxyl groups is 2. The van der Waals surface area contributed by atoms with Crippen LogP contribution in [0, 0.1) is 0 Å². The van der Waals surface area contributed by atoms with Crippen molar-refractivity contribution in [2.45, 2.75) is 24.5 Å². The van der Waals surface area contributed by atoms with Crippen molar-refractivity contribution in [1.82, 2.24) is 9.55 Å². The van der Waals surface area contributed by atoms with Crippen LogP contribution in [0.1, 0.15) is 6.23 Å². The number of aromatic nitrogens is 2. The number of aliphatic hydroxyl groups excluding tert-OH is 2. The molecule has 0 aromatic carbocycles. The second kappa shape index (κ2) is 5.81. The van der Waals surface area contributed by atoms with Gasteiger partial charge in [-0.3, -0.25) is 9.09 Å². The molecule has 1 unspecified atom stereocenters. The molecule has 1 fully saturated rings. The van der Waals surface area contributed by atoms with Gasteiger partial charge in [-0.1, -0.05) is 0 Å². The maximum Gasteiger partial charge on any atom is 0.470 e. The molecule has 21 heavy (non-hydrogen) atoms. The summed E-state index contributed by atoms with van der Waals surface area (Å²) in [6.07, 6.45) is -4.47. The fourth-order valence-corrected chi connectivity index (χ4v) is 2.53. The molecular formula is C9H14N3O8P. The molecule has 6 N–H and O–H groups in total. The monoisotopic (exact) mass is 323 g/mol. The van der Waals surface area contributed by atoms with Gasteiger partial charge in [0.05, 0.1) is 6.61 Å². The Labute approximate surface area is 117 Å². The number of anilines is 1. The highest BCUT2D eigenvalue weighted by Gasteiger charge is 2.48. The van der Waals surface area contributed by atoms with Gasteiger partial charge in [0.1, 0.15) is 24.1 Å². The fraction of sp³-hybridized carbons (Fsp3) is 0.556. The minimum absolute atomic E-state index is 0.0547. The molecule has 0 aliphatic carbocycles. The summed E-state index contributed by atoms with van der Waals surface area (Å²) in [5.41, 5.74) is 4.48. The Morgan fingerprint density at radius 3 is 2.71 bits per heavy atom. The summed E-state index contributed by atoms with van der Waals surface area (Å²) in [5.74, 6) is -0.0547. The van der Waals surface area contributed by atoms with Crippen LogP contribution in [0.25, 0.3) is 0 Å². The van der Waals surface area contributed by atoms with Crippen LogP contribution in [-0.2, 0) is 13.8 Å². The maximum atomic E-state index is 11.7. The first-order valence-corrected chi connectivity index (χ1v) is 7.29. The second-order valence-corrected chi connectivity index (χ2v) is 5.53. The van der Waals surface area contributed by atoms with Crippen molar-refractivity contribution < 1.29 is 33.8 Å². The van der Waals surface area contributed by atoms with E-state index in [0.29, 0.717) is 0 Å². The van der Waals surface area contributed by atoms with Crippen LogP contribution in [0.15, 0.2) is 17.1 Å². The van der Waals surface area contributed by atoms with Crippen LogP contribution in [0.4, 0.5) is 5.82 Å². The lowest BCUT2D eigenvalue weighted by molar-refractivity contribution is -0.0543. The molecule has 0 radical (unpaired) electrons. The van der Waals surface area contributed by atoms with E-state index in [1.54, 1.807) is 0 Å². The molecule has 4 atom stereocenters. The zero-order valence-electron chi connectivity index (χ0n) is 10.5. The third-order valence-corrected chi connectivity index (χ3v) is 3.40. The SMILES string of the molecule is Nc1ccn(C2O[C@H](CO)[C@@H](O)[C@H]2OP(=O)(O)O)c(=O)n1. The summed E-state index contributed by atoms with van der Waals surface area (Å²) < 4.78 is 21.5. The van der Waals surface area contributed by atoms with Gasteiger partial charge < -0.3 is 30.5 Å². The van der Waals surface area contributed by atoms with E-state index in [1.165, 1.54) is 12.3 Å². The minimum Gasteiger partial charge on any atom is -0.394 e. The molecule has 2 rings (SSSR count). The van der Waals surface area contributed by atoms with E-state index in [4.69, 9.17) is 25.4 Å². The van der Waals surface area contributed by atoms with Gasteiger partial charge in [0.2, 0.25) is 0 Å². The Kier molecular flexibility index (Phi) is 4.44. The maximum absolute atomic E-state index is 11.7. The summed E-state index contributed by atoms with van der Waals surface area (Å²) in [6, 6.07) is 1.26. The highest BCUT2D eigenvalue weighted by Crippen LogP contribution is 2.44. The number of phosphoric ester groups is 1. The molecule has 1 aromatic rings. The first-order valence-electron chi connectivity index (χ1n) is 5.76. The Hall–Kier alpha value is -1.33. The third-order valence-electron chi connectivity index (χ3n) is 2.88. The van der Waals surface area contributed by atoms with Gasteiger partial charge in [-0.15, -0.1) is 0 Å². The average Bonchev–Trinajstić information content (AvgIpc) is 2.65. The fourth-order valence-electron chi connectivity index (χ4n) is 1.98. The van der Waals surface area contributed by atoms with Crippen LogP contribution >= 0.6 is 7.82 Å². The number of nitrogens with two attached hydrogens (primary N) is 1.